The van der Waals surface area contributed by atoms with Gasteiger partial charge in [0.05, 0.1) is 18.5 Å². The molecule has 0 amide bonds. The highest BCUT2D eigenvalue weighted by Crippen LogP contribution is 2.42. The molecule has 0 radical (unpaired) electrons. The van der Waals surface area contributed by atoms with Gasteiger partial charge in [0.1, 0.15) is 18.1 Å². The van der Waals surface area contributed by atoms with Crippen LogP contribution >= 0.6 is 0 Å². The van der Waals surface area contributed by atoms with Gasteiger partial charge in [0.15, 0.2) is 19.8 Å². The Kier molecular flexibility index (Phi) is 4.63. The SMILES string of the molecule is CC[C@H]1O[C@@H](n2cnc3c(N)ncnc32)CC1O[Si](C)(C)C(C)(C)C. The summed E-state index contributed by atoms with van der Waals surface area (Å²) in [4.78, 5) is 12.7. The lowest BCUT2D eigenvalue weighted by Gasteiger charge is -2.39. The molecule has 0 aliphatic carbocycles. The van der Waals surface area contributed by atoms with Crippen LogP contribution in [0.1, 0.15) is 46.8 Å². The molecule has 3 heterocycles. The van der Waals surface area contributed by atoms with Crippen LogP contribution in [-0.2, 0) is 9.16 Å². The lowest BCUT2D eigenvalue weighted by Crippen LogP contribution is -2.45. The second-order valence-corrected chi connectivity index (χ2v) is 13.0. The van der Waals surface area contributed by atoms with E-state index in [0.29, 0.717) is 17.0 Å². The number of rotatable bonds is 4. The Morgan fingerprint density at radius 1 is 1.32 bits per heavy atom. The summed E-state index contributed by atoms with van der Waals surface area (Å²) in [5.74, 6) is 0.392. The molecule has 0 bridgehead atoms. The van der Waals surface area contributed by atoms with Crippen LogP contribution in [0.15, 0.2) is 12.7 Å². The molecule has 0 aromatic carbocycles. The molecule has 1 unspecified atom stereocenters. The number of anilines is 1. The summed E-state index contributed by atoms with van der Waals surface area (Å²) >= 11 is 0. The topological polar surface area (TPSA) is 88.1 Å². The van der Waals surface area contributed by atoms with Crippen molar-refractivity contribution in [1.82, 2.24) is 19.5 Å². The Bertz CT molecular complexity index is 755. The van der Waals surface area contributed by atoms with E-state index in [-0.39, 0.29) is 23.5 Å². The van der Waals surface area contributed by atoms with Gasteiger partial charge < -0.3 is 14.9 Å². The van der Waals surface area contributed by atoms with Crippen LogP contribution in [0.5, 0.6) is 0 Å². The summed E-state index contributed by atoms with van der Waals surface area (Å²) in [6, 6.07) is 0. The third-order valence-electron chi connectivity index (χ3n) is 5.53. The van der Waals surface area contributed by atoms with E-state index >= 15 is 0 Å². The fraction of sp³-hybridized carbons (Fsp3) is 0.706. The number of nitrogens with two attached hydrogens (primary N) is 1. The summed E-state index contributed by atoms with van der Waals surface area (Å²) < 4.78 is 14.9. The van der Waals surface area contributed by atoms with Crippen molar-refractivity contribution in [2.75, 3.05) is 5.73 Å². The molecule has 7 nitrogen and oxygen atoms in total. The van der Waals surface area contributed by atoms with E-state index in [1.54, 1.807) is 6.33 Å². The number of nitrogen functional groups attached to an aromatic ring is 1. The highest BCUT2D eigenvalue weighted by atomic mass is 28.4. The number of fused-ring (bicyclic) bond motifs is 1. The van der Waals surface area contributed by atoms with Crippen LogP contribution in [0.25, 0.3) is 11.2 Å². The Morgan fingerprint density at radius 3 is 2.68 bits per heavy atom. The molecular formula is C17H29N5O2Si. The Labute approximate surface area is 150 Å². The van der Waals surface area contributed by atoms with E-state index in [1.807, 2.05) is 4.57 Å². The van der Waals surface area contributed by atoms with Gasteiger partial charge in [0, 0.05) is 6.42 Å². The fourth-order valence-electron chi connectivity index (χ4n) is 2.99. The standard InChI is InChI=1S/C17H29N5O2Si/c1-7-11-12(24-25(5,6)17(2,3)4)8-13(23-11)22-10-21-14-15(18)19-9-20-16(14)22/h9-13H,7-8H2,1-6H3,(H2,18,19,20)/t11-,12?,13-/m1/s1. The molecule has 25 heavy (non-hydrogen) atoms. The van der Waals surface area contributed by atoms with Crippen LogP contribution in [0.4, 0.5) is 5.82 Å². The minimum absolute atomic E-state index is 0.0794. The van der Waals surface area contributed by atoms with Crippen molar-refractivity contribution in [3.8, 4) is 0 Å². The highest BCUT2D eigenvalue weighted by molar-refractivity contribution is 6.74. The zero-order valence-electron chi connectivity index (χ0n) is 16.0. The normalized spacial score (nSPS) is 25.0. The minimum Gasteiger partial charge on any atom is -0.411 e. The van der Waals surface area contributed by atoms with Crippen molar-refractivity contribution in [2.24, 2.45) is 0 Å². The van der Waals surface area contributed by atoms with Crippen LogP contribution in [0.3, 0.4) is 0 Å². The molecule has 2 aromatic heterocycles. The largest absolute Gasteiger partial charge is 0.411 e. The summed E-state index contributed by atoms with van der Waals surface area (Å²) in [6.45, 7) is 13.5. The summed E-state index contributed by atoms with van der Waals surface area (Å²) in [7, 11) is -1.86. The van der Waals surface area contributed by atoms with Crippen LogP contribution < -0.4 is 5.73 Å². The quantitative estimate of drug-likeness (QED) is 0.837. The average Bonchev–Trinajstić information content (AvgIpc) is 3.10. The van der Waals surface area contributed by atoms with Gasteiger partial charge in [-0.05, 0) is 24.6 Å². The first kappa shape index (κ1) is 18.3. The Morgan fingerprint density at radius 2 is 2.04 bits per heavy atom. The molecule has 1 aliphatic rings. The van der Waals surface area contributed by atoms with E-state index in [2.05, 4.69) is 55.7 Å². The van der Waals surface area contributed by atoms with Crippen molar-refractivity contribution in [1.29, 1.82) is 0 Å². The van der Waals surface area contributed by atoms with Gasteiger partial charge in [0.25, 0.3) is 0 Å². The summed E-state index contributed by atoms with van der Waals surface area (Å²) in [5, 5.41) is 0.173. The van der Waals surface area contributed by atoms with Gasteiger partial charge in [0.2, 0.25) is 0 Å². The van der Waals surface area contributed by atoms with Gasteiger partial charge >= 0.3 is 0 Å². The van der Waals surface area contributed by atoms with Gasteiger partial charge in [-0.1, -0.05) is 27.7 Å². The fourth-order valence-corrected chi connectivity index (χ4v) is 4.35. The summed E-state index contributed by atoms with van der Waals surface area (Å²) in [5.41, 5.74) is 7.22. The lowest BCUT2D eigenvalue weighted by molar-refractivity contribution is -0.0162. The van der Waals surface area contributed by atoms with Crippen LogP contribution in [0.2, 0.25) is 18.1 Å². The van der Waals surface area contributed by atoms with E-state index < -0.39 is 8.32 Å². The maximum Gasteiger partial charge on any atom is 0.192 e. The van der Waals surface area contributed by atoms with E-state index in [9.17, 15) is 0 Å². The zero-order valence-corrected chi connectivity index (χ0v) is 17.0. The molecular weight excluding hydrogens is 334 g/mol. The number of ether oxygens (including phenoxy) is 1. The van der Waals surface area contributed by atoms with Crippen molar-refractivity contribution < 1.29 is 9.16 Å². The predicted molar refractivity (Wildman–Crippen MR) is 101 cm³/mol. The third-order valence-corrected chi connectivity index (χ3v) is 10.0. The van der Waals surface area contributed by atoms with Gasteiger partial charge in [-0.25, -0.2) is 15.0 Å². The number of hydrogen-bond acceptors (Lipinski definition) is 6. The first-order chi connectivity index (χ1) is 11.6. The van der Waals surface area contributed by atoms with Gasteiger partial charge in [-0.3, -0.25) is 4.57 Å². The monoisotopic (exact) mass is 363 g/mol. The minimum atomic E-state index is -1.86. The molecule has 2 N–H and O–H groups in total. The smallest absolute Gasteiger partial charge is 0.192 e. The lowest BCUT2D eigenvalue weighted by atomic mass is 10.1. The van der Waals surface area contributed by atoms with E-state index in [0.717, 1.165) is 12.8 Å². The van der Waals surface area contributed by atoms with Crippen molar-refractivity contribution in [3.05, 3.63) is 12.7 Å². The maximum atomic E-state index is 6.65. The Balaban J connectivity index is 1.85. The number of hydrogen-bond donors (Lipinski definition) is 1. The molecule has 1 saturated heterocycles. The number of imidazole rings is 1. The molecule has 0 spiro atoms. The molecule has 2 aromatic rings. The number of nitrogens with zero attached hydrogens (tertiary/aromatic N) is 4. The van der Waals surface area contributed by atoms with Crippen LogP contribution in [-0.4, -0.2) is 40.0 Å². The van der Waals surface area contributed by atoms with Crippen molar-refractivity contribution in [3.63, 3.8) is 0 Å². The van der Waals surface area contributed by atoms with Crippen LogP contribution in [0, 0.1) is 0 Å². The molecule has 1 aliphatic heterocycles. The molecule has 138 valence electrons. The van der Waals surface area contributed by atoms with E-state index in [1.165, 1.54) is 6.33 Å². The Hall–Kier alpha value is -1.51. The molecule has 8 heteroatoms. The van der Waals surface area contributed by atoms with Gasteiger partial charge in [-0.15, -0.1) is 0 Å². The van der Waals surface area contributed by atoms with Crippen molar-refractivity contribution >= 4 is 25.3 Å². The zero-order chi connectivity index (χ0) is 18.4. The predicted octanol–water partition coefficient (Wildman–Crippen LogP) is 3.50. The molecule has 3 atom stereocenters. The first-order valence-corrected chi connectivity index (χ1v) is 11.8. The third kappa shape index (κ3) is 3.30. The molecule has 1 fully saturated rings. The average molecular weight is 364 g/mol. The van der Waals surface area contributed by atoms with E-state index in [4.69, 9.17) is 14.9 Å². The molecule has 0 saturated carbocycles. The second-order valence-electron chi connectivity index (χ2n) is 8.27. The summed E-state index contributed by atoms with van der Waals surface area (Å²) in [6.07, 6.45) is 4.94. The maximum absolute atomic E-state index is 6.65. The second kappa shape index (κ2) is 6.33. The number of aromatic nitrogens is 4. The molecule has 3 rings (SSSR count). The van der Waals surface area contributed by atoms with Crippen molar-refractivity contribution in [2.45, 2.75) is 77.1 Å². The van der Waals surface area contributed by atoms with Gasteiger partial charge in [-0.2, -0.15) is 0 Å². The highest BCUT2D eigenvalue weighted by Gasteiger charge is 2.44. The first-order valence-electron chi connectivity index (χ1n) is 8.90.